The van der Waals surface area contributed by atoms with Crippen LogP contribution in [0, 0.1) is 12.7 Å². The highest BCUT2D eigenvalue weighted by atomic mass is 19.1. The number of aryl methyl sites for hydroxylation is 1. The number of hydrogen-bond donors (Lipinski definition) is 6. The van der Waals surface area contributed by atoms with Crippen molar-refractivity contribution in [3.05, 3.63) is 110 Å². The van der Waals surface area contributed by atoms with Gasteiger partial charge in [-0.2, -0.15) is 0 Å². The topological polar surface area (TPSA) is 280 Å². The van der Waals surface area contributed by atoms with Crippen molar-refractivity contribution < 1.29 is 57.3 Å². The molecule has 0 spiro atoms. The maximum Gasteiger partial charge on any atom is 0.343 e. The highest BCUT2D eigenvalue weighted by molar-refractivity contribution is 6.12. The predicted octanol–water partition coefficient (Wildman–Crippen LogP) is 0.784. The molecule has 0 bridgehead atoms. The molecule has 2 aromatic carbocycles. The highest BCUT2D eigenvalue weighted by Gasteiger charge is 2.46. The number of carbonyl (C=O) groups is 8. The molecule has 23 heteroatoms. The van der Waals surface area contributed by atoms with Gasteiger partial charge in [0.1, 0.15) is 25.2 Å². The van der Waals surface area contributed by atoms with Gasteiger partial charge in [0.15, 0.2) is 5.60 Å². The monoisotopic (exact) mass is 1090 g/mol. The van der Waals surface area contributed by atoms with E-state index in [1.165, 1.54) is 18.2 Å². The first-order valence-corrected chi connectivity index (χ1v) is 26.8. The van der Waals surface area contributed by atoms with Crippen molar-refractivity contribution in [2.75, 3.05) is 72.2 Å². The highest BCUT2D eigenvalue weighted by Crippen LogP contribution is 2.47. The van der Waals surface area contributed by atoms with Gasteiger partial charge < -0.3 is 45.7 Å². The first-order valence-electron chi connectivity index (χ1n) is 26.8. The first kappa shape index (κ1) is 56.0. The number of hydrogen-bond acceptors (Lipinski definition) is 15. The van der Waals surface area contributed by atoms with E-state index in [0.717, 1.165) is 65.1 Å². The van der Waals surface area contributed by atoms with Crippen molar-refractivity contribution in [1.82, 2.24) is 50.8 Å². The Hall–Kier alpha value is -7.73. The molecule has 6 heterocycles. The number of esters is 1. The molecule has 4 aliphatic heterocycles. The Morgan fingerprint density at radius 2 is 1.56 bits per heavy atom. The summed E-state index contributed by atoms with van der Waals surface area (Å²) in [6.45, 7) is 6.14. The zero-order chi connectivity index (χ0) is 56.0. The number of halogens is 1. The fourth-order valence-electron chi connectivity index (χ4n) is 11.1. The third-order valence-electron chi connectivity index (χ3n) is 15.6. The molecule has 0 saturated carbocycles. The molecule has 1 saturated heterocycles. The van der Waals surface area contributed by atoms with E-state index in [-0.39, 0.29) is 98.5 Å². The number of unbranched alkanes of at least 4 members (excludes halogenated alkanes) is 2. The molecular weight excluding hydrogens is 1020 g/mol. The minimum atomic E-state index is -1.98. The van der Waals surface area contributed by atoms with E-state index in [4.69, 9.17) is 14.5 Å². The number of aliphatic hydroxyl groups is 1. The molecule has 6 N–H and O–H groups in total. The normalized spacial score (nSPS) is 18.9. The number of pyridine rings is 2. The molecule has 5 aliphatic rings. The van der Waals surface area contributed by atoms with Gasteiger partial charge in [-0.3, -0.25) is 53.1 Å². The number of nitrogens with zero attached hydrogens (tertiary/aromatic N) is 5. The summed E-state index contributed by atoms with van der Waals surface area (Å²) in [6, 6.07) is 10.9. The van der Waals surface area contributed by atoms with Crippen LogP contribution < -0.4 is 32.1 Å². The number of fused-ring (bicyclic) bond motifs is 5. The lowest BCUT2D eigenvalue weighted by Crippen LogP contribution is -2.52. The van der Waals surface area contributed by atoms with Crippen LogP contribution in [0.4, 0.5) is 4.39 Å². The number of piperazine rings is 1. The van der Waals surface area contributed by atoms with E-state index in [9.17, 15) is 48.3 Å². The average molecular weight is 1090 g/mol. The minimum Gasteiger partial charge on any atom is -0.458 e. The van der Waals surface area contributed by atoms with E-state index in [1.807, 2.05) is 0 Å². The minimum absolute atomic E-state index is 0.0152. The first-order chi connectivity index (χ1) is 38.0. The molecule has 0 unspecified atom stereocenters. The van der Waals surface area contributed by atoms with Gasteiger partial charge in [-0.05, 0) is 67.3 Å². The Balaban J connectivity index is 0.710. The van der Waals surface area contributed by atoms with Gasteiger partial charge in [-0.25, -0.2) is 14.2 Å². The largest absolute Gasteiger partial charge is 0.458 e. The molecule has 418 valence electrons. The third kappa shape index (κ3) is 12.3. The van der Waals surface area contributed by atoms with Gasteiger partial charge in [0.25, 0.3) is 17.4 Å². The number of cyclic esters (lactones) is 1. The zero-order valence-electron chi connectivity index (χ0n) is 44.3. The van der Waals surface area contributed by atoms with Crippen LogP contribution in [-0.2, 0) is 79.4 Å². The van der Waals surface area contributed by atoms with Crippen LogP contribution in [0.3, 0.4) is 0 Å². The number of rotatable bonds is 23. The standard InChI is InChI=1S/C56H65FN10O12/c1-3-56(77)38-25-43-52-36(30-67(43)54(75)37(38)31-79-55(56)76)51-42(14-13-35-33(2)39(57)26-40(63-52)50(35)51)65-20-18-64(19-21-65)22-23-78-32-61-46(70)28-60-53(74)41(24-34-10-6-4-7-11-34)62-47(71)29-59-45(69)27-58-44(68)12-8-5-9-17-66-48(72)15-16-49(66)73/h4,6-7,10-11,15-16,25-26,41-42,77H,3,5,8-9,12-14,17-24,27-32H2,1-2H3,(H,58,68)(H,59,69)(H,60,74)(H,61,70)(H,62,71)/t41-,42-,56-/m0/s1. The van der Waals surface area contributed by atoms with Crippen LogP contribution in [0.1, 0.15) is 90.4 Å². The van der Waals surface area contributed by atoms with Crippen molar-refractivity contribution in [1.29, 1.82) is 0 Å². The Bertz CT molecular complexity index is 3160. The van der Waals surface area contributed by atoms with Crippen molar-refractivity contribution in [3.63, 3.8) is 0 Å². The molecular formula is C56H65FN10O12. The van der Waals surface area contributed by atoms with Gasteiger partial charge in [0.2, 0.25) is 29.5 Å². The molecule has 2 aromatic heterocycles. The van der Waals surface area contributed by atoms with E-state index >= 15 is 4.39 Å². The van der Waals surface area contributed by atoms with Crippen molar-refractivity contribution in [3.8, 4) is 11.4 Å². The van der Waals surface area contributed by atoms with Gasteiger partial charge in [0.05, 0.1) is 55.3 Å². The SMILES string of the molecule is CC[C@@]1(O)C(=O)OCc2c1cc1n(c2=O)Cc2c-1nc1cc(F)c(C)c3c1c2[C@@H](N1CCN(CCOCNC(=O)CNC(=O)[C@H](Cc2ccccc2)NC(=O)CNC(=O)CNC(=O)CCCCCN2C(=O)C=CC2=O)CC1)CC3. The van der Waals surface area contributed by atoms with Gasteiger partial charge >= 0.3 is 5.97 Å². The Labute approximate surface area is 454 Å². The molecule has 79 heavy (non-hydrogen) atoms. The molecule has 3 atom stereocenters. The summed E-state index contributed by atoms with van der Waals surface area (Å²) in [4.78, 5) is 125. The second-order valence-electron chi connectivity index (χ2n) is 20.4. The summed E-state index contributed by atoms with van der Waals surface area (Å²) in [6.07, 6.45) is 5.67. The number of nitrogens with one attached hydrogen (secondary N) is 5. The van der Waals surface area contributed by atoms with Crippen LogP contribution in [0.5, 0.6) is 0 Å². The molecule has 0 radical (unpaired) electrons. The summed E-state index contributed by atoms with van der Waals surface area (Å²) in [5.41, 5.74) is 3.77. The van der Waals surface area contributed by atoms with Crippen molar-refractivity contribution in [2.24, 2.45) is 0 Å². The Morgan fingerprint density at radius 3 is 2.30 bits per heavy atom. The van der Waals surface area contributed by atoms with Gasteiger partial charge in [-0.15, -0.1) is 0 Å². The predicted molar refractivity (Wildman–Crippen MR) is 283 cm³/mol. The summed E-state index contributed by atoms with van der Waals surface area (Å²) >= 11 is 0. The molecule has 7 amide bonds. The van der Waals surface area contributed by atoms with Gasteiger partial charge in [-0.1, -0.05) is 43.7 Å². The quantitative estimate of drug-likeness (QED) is 0.0228. The Kier molecular flexibility index (Phi) is 17.4. The zero-order valence-corrected chi connectivity index (χ0v) is 44.3. The maximum atomic E-state index is 15.5. The lowest BCUT2D eigenvalue weighted by molar-refractivity contribution is -0.172. The van der Waals surface area contributed by atoms with Crippen molar-refractivity contribution in [2.45, 2.75) is 96.1 Å². The molecule has 9 rings (SSSR count). The number of ether oxygens (including phenoxy) is 2. The number of benzene rings is 2. The van der Waals surface area contributed by atoms with Crippen LogP contribution >= 0.6 is 0 Å². The average Bonchev–Trinajstić information content (AvgIpc) is 4.05. The lowest BCUT2D eigenvalue weighted by atomic mass is 9.81. The van der Waals surface area contributed by atoms with Crippen LogP contribution in [-0.4, -0.2) is 155 Å². The van der Waals surface area contributed by atoms with E-state index < -0.39 is 54.3 Å². The van der Waals surface area contributed by atoms with Crippen molar-refractivity contribution >= 4 is 58.2 Å². The molecule has 4 aromatic rings. The van der Waals surface area contributed by atoms with Crippen LogP contribution in [0.15, 0.2) is 59.4 Å². The third-order valence-corrected chi connectivity index (χ3v) is 15.6. The molecule has 1 fully saturated rings. The maximum absolute atomic E-state index is 15.5. The van der Waals surface area contributed by atoms with E-state index in [2.05, 4.69) is 36.4 Å². The number of imide groups is 1. The van der Waals surface area contributed by atoms with Crippen LogP contribution in [0.25, 0.3) is 22.3 Å². The second-order valence-corrected chi connectivity index (χ2v) is 20.4. The van der Waals surface area contributed by atoms with E-state index in [0.29, 0.717) is 61.3 Å². The summed E-state index contributed by atoms with van der Waals surface area (Å²) in [5, 5.41) is 25.1. The number of amides is 7. The smallest absolute Gasteiger partial charge is 0.343 e. The van der Waals surface area contributed by atoms with Gasteiger partial charge in [0, 0.05) is 92.9 Å². The summed E-state index contributed by atoms with van der Waals surface area (Å²) in [5.74, 6) is -4.68. The fourth-order valence-corrected chi connectivity index (χ4v) is 11.1. The molecule has 22 nitrogen and oxygen atoms in total. The van der Waals surface area contributed by atoms with E-state index in [1.54, 1.807) is 54.8 Å². The molecule has 1 aliphatic carbocycles. The fraction of sp³-hybridized carbons (Fsp3) is 0.464. The summed E-state index contributed by atoms with van der Waals surface area (Å²) in [7, 11) is 0. The summed E-state index contributed by atoms with van der Waals surface area (Å²) < 4.78 is 28.2. The lowest BCUT2D eigenvalue weighted by Gasteiger charge is -2.42. The van der Waals surface area contributed by atoms with Crippen LogP contribution in [0.2, 0.25) is 0 Å². The second kappa shape index (κ2) is 24.5. The Morgan fingerprint density at radius 1 is 0.848 bits per heavy atom. The number of carbonyl (C=O) groups excluding carboxylic acids is 8. The number of aromatic nitrogens is 2.